The largest absolute Gasteiger partial charge is 0.390 e. The van der Waals surface area contributed by atoms with Crippen LogP contribution in [0.5, 0.6) is 0 Å². The van der Waals surface area contributed by atoms with Gasteiger partial charge in [-0.15, -0.1) is 0 Å². The lowest BCUT2D eigenvalue weighted by Crippen LogP contribution is -2.28. The molecule has 0 fully saturated rings. The zero-order valence-electron chi connectivity index (χ0n) is 13.4. The van der Waals surface area contributed by atoms with E-state index in [2.05, 4.69) is 20.5 Å². The first kappa shape index (κ1) is 16.9. The van der Waals surface area contributed by atoms with Crippen LogP contribution >= 0.6 is 0 Å². The van der Waals surface area contributed by atoms with Gasteiger partial charge in [-0.3, -0.25) is 4.98 Å². The Labute approximate surface area is 136 Å². The molecule has 2 amide bonds. The van der Waals surface area contributed by atoms with Crippen LogP contribution in [0.15, 0.2) is 42.5 Å². The molecule has 0 unspecified atom stereocenters. The Hall–Kier alpha value is -2.44. The average molecular weight is 314 g/mol. The van der Waals surface area contributed by atoms with E-state index >= 15 is 0 Å². The lowest BCUT2D eigenvalue weighted by molar-refractivity contribution is 0.251. The monoisotopic (exact) mass is 314 g/mol. The van der Waals surface area contributed by atoms with Crippen LogP contribution in [-0.4, -0.2) is 35.1 Å². The van der Waals surface area contributed by atoms with Gasteiger partial charge in [-0.05, 0) is 43.9 Å². The molecule has 2 rings (SSSR count). The predicted molar refractivity (Wildman–Crippen MR) is 89.9 cm³/mol. The first-order valence-electron chi connectivity index (χ1n) is 7.41. The number of benzene rings is 1. The molecule has 0 saturated carbocycles. The molecule has 0 aliphatic rings. The number of aliphatic hydroxyl groups excluding tert-OH is 1. The van der Waals surface area contributed by atoms with Crippen molar-refractivity contribution in [2.75, 3.05) is 19.4 Å². The number of hydrogen-bond acceptors (Lipinski definition) is 4. The van der Waals surface area contributed by atoms with E-state index in [9.17, 15) is 4.79 Å². The summed E-state index contributed by atoms with van der Waals surface area (Å²) in [5, 5.41) is 14.6. The van der Waals surface area contributed by atoms with Crippen LogP contribution in [0.3, 0.4) is 0 Å². The number of aromatic nitrogens is 1. The molecule has 0 aliphatic heterocycles. The summed E-state index contributed by atoms with van der Waals surface area (Å²) >= 11 is 0. The fraction of sp³-hybridized carbons (Fsp3) is 0.294. The molecule has 1 aromatic heterocycles. The molecule has 0 bridgehead atoms. The smallest absolute Gasteiger partial charge is 0.319 e. The Morgan fingerprint density at radius 3 is 2.65 bits per heavy atom. The Kier molecular flexibility index (Phi) is 6.08. The molecule has 0 spiro atoms. The molecule has 2 aromatic rings. The minimum absolute atomic E-state index is 0.112. The van der Waals surface area contributed by atoms with Gasteiger partial charge in [0, 0.05) is 12.2 Å². The number of urea groups is 1. The topological polar surface area (TPSA) is 77.5 Å². The molecule has 6 heteroatoms. The van der Waals surface area contributed by atoms with Crippen LogP contribution in [0.2, 0.25) is 0 Å². The summed E-state index contributed by atoms with van der Waals surface area (Å²) < 4.78 is 0. The van der Waals surface area contributed by atoms with E-state index in [0.717, 1.165) is 17.8 Å². The maximum absolute atomic E-state index is 12.0. The van der Waals surface area contributed by atoms with Gasteiger partial charge in [-0.2, -0.15) is 0 Å². The van der Waals surface area contributed by atoms with E-state index in [4.69, 9.17) is 5.11 Å². The van der Waals surface area contributed by atoms with Crippen LogP contribution < -0.4 is 10.6 Å². The normalized spacial score (nSPS) is 10.6. The second kappa shape index (κ2) is 8.26. The second-order valence-electron chi connectivity index (χ2n) is 5.52. The van der Waals surface area contributed by atoms with Crippen molar-refractivity contribution >= 4 is 11.7 Å². The van der Waals surface area contributed by atoms with Gasteiger partial charge in [0.1, 0.15) is 0 Å². The fourth-order valence-electron chi connectivity index (χ4n) is 2.17. The number of nitrogens with one attached hydrogen (secondary N) is 2. The summed E-state index contributed by atoms with van der Waals surface area (Å²) in [6.45, 7) is 1.00. The fourth-order valence-corrected chi connectivity index (χ4v) is 2.17. The van der Waals surface area contributed by atoms with Crippen molar-refractivity contribution in [3.8, 4) is 0 Å². The molecule has 0 aliphatic carbocycles. The molecule has 0 atom stereocenters. The highest BCUT2D eigenvalue weighted by atomic mass is 16.3. The number of carbonyl (C=O) groups excluding carboxylic acids is 1. The number of rotatable bonds is 6. The van der Waals surface area contributed by atoms with Crippen molar-refractivity contribution in [1.29, 1.82) is 0 Å². The van der Waals surface area contributed by atoms with Crippen LogP contribution in [0.4, 0.5) is 10.5 Å². The zero-order valence-corrected chi connectivity index (χ0v) is 13.4. The van der Waals surface area contributed by atoms with Crippen molar-refractivity contribution in [2.24, 2.45) is 0 Å². The van der Waals surface area contributed by atoms with Crippen molar-refractivity contribution in [3.63, 3.8) is 0 Å². The summed E-state index contributed by atoms with van der Waals surface area (Å²) in [6, 6.07) is 12.8. The molecule has 1 heterocycles. The van der Waals surface area contributed by atoms with Gasteiger partial charge in [0.2, 0.25) is 0 Å². The second-order valence-corrected chi connectivity index (χ2v) is 5.52. The minimum atomic E-state index is -0.289. The number of aliphatic hydroxyl groups is 1. The zero-order chi connectivity index (χ0) is 16.7. The molecule has 6 nitrogen and oxygen atoms in total. The van der Waals surface area contributed by atoms with Crippen LogP contribution in [-0.2, 0) is 19.7 Å². The highest BCUT2D eigenvalue weighted by molar-refractivity contribution is 5.89. The van der Waals surface area contributed by atoms with E-state index in [1.54, 1.807) is 18.2 Å². The summed E-state index contributed by atoms with van der Waals surface area (Å²) in [6.07, 6.45) is 0. The van der Waals surface area contributed by atoms with Crippen molar-refractivity contribution < 1.29 is 9.90 Å². The first-order chi connectivity index (χ1) is 11.1. The van der Waals surface area contributed by atoms with E-state index in [1.165, 1.54) is 0 Å². The van der Waals surface area contributed by atoms with E-state index in [0.29, 0.717) is 17.9 Å². The van der Waals surface area contributed by atoms with E-state index in [-0.39, 0.29) is 12.6 Å². The van der Waals surface area contributed by atoms with Crippen LogP contribution in [0, 0.1) is 0 Å². The third kappa shape index (κ3) is 5.69. The Balaban J connectivity index is 1.89. The van der Waals surface area contributed by atoms with Gasteiger partial charge in [0.15, 0.2) is 0 Å². The van der Waals surface area contributed by atoms with Gasteiger partial charge in [0.05, 0.1) is 24.5 Å². The van der Waals surface area contributed by atoms with E-state index < -0.39 is 0 Å². The number of hydrogen-bond donors (Lipinski definition) is 3. The van der Waals surface area contributed by atoms with Gasteiger partial charge in [-0.1, -0.05) is 18.2 Å². The predicted octanol–water partition coefficient (Wildman–Crippen LogP) is 1.96. The third-order valence-electron chi connectivity index (χ3n) is 3.14. The molecular weight excluding hydrogens is 292 g/mol. The summed E-state index contributed by atoms with van der Waals surface area (Å²) in [4.78, 5) is 18.3. The van der Waals surface area contributed by atoms with Gasteiger partial charge >= 0.3 is 6.03 Å². The Morgan fingerprint density at radius 2 is 1.91 bits per heavy atom. The number of amides is 2. The minimum Gasteiger partial charge on any atom is -0.390 e. The van der Waals surface area contributed by atoms with E-state index in [1.807, 2.05) is 38.4 Å². The van der Waals surface area contributed by atoms with Gasteiger partial charge in [0.25, 0.3) is 0 Å². The highest BCUT2D eigenvalue weighted by Crippen LogP contribution is 2.11. The number of carbonyl (C=O) groups is 1. The quantitative estimate of drug-likeness (QED) is 0.762. The van der Waals surface area contributed by atoms with Crippen LogP contribution in [0.1, 0.15) is 17.0 Å². The summed E-state index contributed by atoms with van der Waals surface area (Å²) in [5.74, 6) is 0. The lowest BCUT2D eigenvalue weighted by atomic mass is 10.2. The van der Waals surface area contributed by atoms with Crippen molar-refractivity contribution in [2.45, 2.75) is 19.7 Å². The first-order valence-corrected chi connectivity index (χ1v) is 7.41. The Bertz CT molecular complexity index is 659. The number of pyridine rings is 1. The standard InChI is InChI=1S/C17H22N4O2/c1-21(2)11-13-5-3-6-14(9-13)20-17(23)18-10-15-7-4-8-16(12-22)19-15/h3-9,22H,10-12H2,1-2H3,(H2,18,20,23). The maximum Gasteiger partial charge on any atom is 0.319 e. The molecule has 3 N–H and O–H groups in total. The third-order valence-corrected chi connectivity index (χ3v) is 3.14. The molecule has 1 aromatic carbocycles. The van der Waals surface area contributed by atoms with Gasteiger partial charge in [-0.25, -0.2) is 4.79 Å². The van der Waals surface area contributed by atoms with Crippen LogP contribution in [0.25, 0.3) is 0 Å². The molecule has 0 radical (unpaired) electrons. The Morgan fingerprint density at radius 1 is 1.17 bits per heavy atom. The maximum atomic E-state index is 12.0. The van der Waals surface area contributed by atoms with Crippen molar-refractivity contribution in [1.82, 2.24) is 15.2 Å². The molecule has 23 heavy (non-hydrogen) atoms. The SMILES string of the molecule is CN(C)Cc1cccc(NC(=O)NCc2cccc(CO)n2)c1. The highest BCUT2D eigenvalue weighted by Gasteiger charge is 2.04. The lowest BCUT2D eigenvalue weighted by Gasteiger charge is -2.12. The van der Waals surface area contributed by atoms with Crippen molar-refractivity contribution in [3.05, 3.63) is 59.4 Å². The summed E-state index contributed by atoms with van der Waals surface area (Å²) in [5.41, 5.74) is 3.16. The number of anilines is 1. The summed E-state index contributed by atoms with van der Waals surface area (Å²) in [7, 11) is 4.00. The number of nitrogens with zero attached hydrogens (tertiary/aromatic N) is 2. The molecule has 122 valence electrons. The molecular formula is C17H22N4O2. The molecule has 0 saturated heterocycles. The van der Waals surface area contributed by atoms with Gasteiger partial charge < -0.3 is 20.6 Å². The average Bonchev–Trinajstić information content (AvgIpc) is 2.53.